The number of benzene rings is 1. The topological polar surface area (TPSA) is 90.1 Å². The molecular weight excluding hydrogens is 341 g/mol. The van der Waals surface area contributed by atoms with E-state index in [-0.39, 0.29) is 30.9 Å². The van der Waals surface area contributed by atoms with Crippen LogP contribution in [0.4, 0.5) is 24.7 Å². The zero-order chi connectivity index (χ0) is 18.6. The second kappa shape index (κ2) is 7.32. The van der Waals surface area contributed by atoms with E-state index in [1.54, 1.807) is 6.92 Å². The standard InChI is InChI=1S/C15H15F3N4O3/c1-10-9-13(22(24)25)20-21(10)8-4-7-14(23)19-12-6-3-2-5-11(12)15(16,17)18/h2-3,5-6,9H,4,7-8H2,1H3,(H,19,23). The van der Waals surface area contributed by atoms with Crippen LogP contribution in [0.3, 0.4) is 0 Å². The number of aromatic nitrogens is 2. The van der Waals surface area contributed by atoms with Crippen molar-refractivity contribution in [3.05, 3.63) is 51.7 Å². The van der Waals surface area contributed by atoms with E-state index in [1.165, 1.54) is 28.9 Å². The van der Waals surface area contributed by atoms with Gasteiger partial charge in [0.25, 0.3) is 0 Å². The van der Waals surface area contributed by atoms with Crippen molar-refractivity contribution in [3.8, 4) is 0 Å². The molecule has 0 saturated carbocycles. The highest BCUT2D eigenvalue weighted by Gasteiger charge is 2.33. The number of nitrogens with one attached hydrogen (secondary N) is 1. The number of rotatable bonds is 6. The summed E-state index contributed by atoms with van der Waals surface area (Å²) >= 11 is 0. The first-order valence-corrected chi connectivity index (χ1v) is 7.33. The minimum absolute atomic E-state index is 0.0424. The van der Waals surface area contributed by atoms with Crippen LogP contribution in [-0.4, -0.2) is 20.6 Å². The van der Waals surface area contributed by atoms with Crippen molar-refractivity contribution in [1.82, 2.24) is 9.78 Å². The van der Waals surface area contributed by atoms with Gasteiger partial charge in [-0.3, -0.25) is 4.79 Å². The number of hydrogen-bond acceptors (Lipinski definition) is 4. The SMILES string of the molecule is Cc1cc([N+](=O)[O-])nn1CCCC(=O)Nc1ccccc1C(F)(F)F. The largest absolute Gasteiger partial charge is 0.418 e. The summed E-state index contributed by atoms with van der Waals surface area (Å²) in [7, 11) is 0. The number of alkyl halides is 3. The fraction of sp³-hybridized carbons (Fsp3) is 0.333. The fourth-order valence-electron chi connectivity index (χ4n) is 2.25. The molecule has 0 spiro atoms. The van der Waals surface area contributed by atoms with Crippen LogP contribution in [-0.2, 0) is 17.5 Å². The van der Waals surface area contributed by atoms with Gasteiger partial charge in [-0.05, 0) is 30.4 Å². The van der Waals surface area contributed by atoms with Crippen molar-refractivity contribution >= 4 is 17.4 Å². The Labute approximate surface area is 140 Å². The first kappa shape index (κ1) is 18.4. The monoisotopic (exact) mass is 356 g/mol. The van der Waals surface area contributed by atoms with E-state index in [1.807, 2.05) is 0 Å². The maximum Gasteiger partial charge on any atom is 0.418 e. The second-order valence-electron chi connectivity index (χ2n) is 5.32. The van der Waals surface area contributed by atoms with E-state index in [4.69, 9.17) is 0 Å². The molecule has 0 bridgehead atoms. The summed E-state index contributed by atoms with van der Waals surface area (Å²) in [6, 6.07) is 6.02. The Morgan fingerprint density at radius 2 is 2.04 bits per heavy atom. The number of amides is 1. The highest BCUT2D eigenvalue weighted by Crippen LogP contribution is 2.34. The predicted octanol–water partition coefficient (Wildman–Crippen LogP) is 3.54. The molecule has 0 aliphatic heterocycles. The molecule has 0 unspecified atom stereocenters. The molecule has 0 aliphatic rings. The number of nitro groups is 1. The lowest BCUT2D eigenvalue weighted by atomic mass is 10.1. The van der Waals surface area contributed by atoms with Gasteiger partial charge in [0.15, 0.2) is 0 Å². The number of halogens is 3. The van der Waals surface area contributed by atoms with Gasteiger partial charge in [-0.2, -0.15) is 17.9 Å². The average molecular weight is 356 g/mol. The lowest BCUT2D eigenvalue weighted by molar-refractivity contribution is -0.389. The van der Waals surface area contributed by atoms with Crippen molar-refractivity contribution < 1.29 is 22.9 Å². The number of anilines is 1. The van der Waals surface area contributed by atoms with Gasteiger partial charge in [-0.15, -0.1) is 0 Å². The molecule has 1 aromatic carbocycles. The Kier molecular flexibility index (Phi) is 5.40. The maximum atomic E-state index is 12.9. The van der Waals surface area contributed by atoms with Crippen molar-refractivity contribution in [2.24, 2.45) is 0 Å². The number of hydrogen-bond donors (Lipinski definition) is 1. The molecule has 0 atom stereocenters. The van der Waals surface area contributed by atoms with Crippen LogP contribution in [0.25, 0.3) is 0 Å². The summed E-state index contributed by atoms with van der Waals surface area (Å²) < 4.78 is 40.0. The third kappa shape index (κ3) is 4.78. The lowest BCUT2D eigenvalue weighted by Crippen LogP contribution is -2.17. The second-order valence-corrected chi connectivity index (χ2v) is 5.32. The van der Waals surface area contributed by atoms with E-state index in [9.17, 15) is 28.1 Å². The van der Waals surface area contributed by atoms with Crippen LogP contribution >= 0.6 is 0 Å². The summed E-state index contributed by atoms with van der Waals surface area (Å²) in [6.45, 7) is 1.88. The quantitative estimate of drug-likeness (QED) is 0.633. The number of aryl methyl sites for hydroxylation is 2. The zero-order valence-corrected chi connectivity index (χ0v) is 13.2. The highest BCUT2D eigenvalue weighted by molar-refractivity contribution is 5.91. The highest BCUT2D eigenvalue weighted by atomic mass is 19.4. The molecular formula is C15H15F3N4O3. The van der Waals surface area contributed by atoms with Crippen LogP contribution in [0.2, 0.25) is 0 Å². The van der Waals surface area contributed by atoms with E-state index < -0.39 is 22.6 Å². The molecule has 1 N–H and O–H groups in total. The van der Waals surface area contributed by atoms with Gasteiger partial charge in [-0.1, -0.05) is 12.1 Å². The van der Waals surface area contributed by atoms with Crippen LogP contribution in [0.1, 0.15) is 24.1 Å². The molecule has 0 saturated heterocycles. The molecule has 0 aliphatic carbocycles. The Hall–Kier alpha value is -2.91. The lowest BCUT2D eigenvalue weighted by Gasteiger charge is -2.13. The predicted molar refractivity (Wildman–Crippen MR) is 82.9 cm³/mol. The van der Waals surface area contributed by atoms with Crippen LogP contribution in [0.15, 0.2) is 30.3 Å². The van der Waals surface area contributed by atoms with Crippen molar-refractivity contribution in [1.29, 1.82) is 0 Å². The third-order valence-electron chi connectivity index (χ3n) is 3.44. The summed E-state index contributed by atoms with van der Waals surface area (Å²) in [6.07, 6.45) is -4.33. The minimum atomic E-state index is -4.56. The van der Waals surface area contributed by atoms with Gasteiger partial charge in [0, 0.05) is 6.42 Å². The molecule has 25 heavy (non-hydrogen) atoms. The summed E-state index contributed by atoms with van der Waals surface area (Å²) in [5, 5.41) is 16.7. The smallest absolute Gasteiger partial charge is 0.358 e. The van der Waals surface area contributed by atoms with Crippen molar-refractivity contribution in [3.63, 3.8) is 0 Å². The van der Waals surface area contributed by atoms with Crippen LogP contribution in [0, 0.1) is 17.0 Å². The van der Waals surface area contributed by atoms with E-state index in [0.29, 0.717) is 5.69 Å². The molecule has 7 nitrogen and oxygen atoms in total. The number of nitrogens with zero attached hydrogens (tertiary/aromatic N) is 3. The van der Waals surface area contributed by atoms with Gasteiger partial charge >= 0.3 is 12.0 Å². The summed E-state index contributed by atoms with van der Waals surface area (Å²) in [5.74, 6) is -0.864. The average Bonchev–Trinajstić information content (AvgIpc) is 2.88. The first-order valence-electron chi connectivity index (χ1n) is 7.33. The Morgan fingerprint density at radius 1 is 1.36 bits per heavy atom. The van der Waals surface area contributed by atoms with Gasteiger partial charge < -0.3 is 15.4 Å². The number of carbonyl (C=O) groups is 1. The Balaban J connectivity index is 1.93. The van der Waals surface area contributed by atoms with Crippen LogP contribution < -0.4 is 5.32 Å². The molecule has 1 amide bonds. The number of carbonyl (C=O) groups excluding carboxylic acids is 1. The van der Waals surface area contributed by atoms with E-state index >= 15 is 0 Å². The maximum absolute atomic E-state index is 12.9. The Morgan fingerprint density at radius 3 is 2.64 bits per heavy atom. The van der Waals surface area contributed by atoms with Gasteiger partial charge in [0.1, 0.15) is 0 Å². The number of para-hydroxylation sites is 1. The third-order valence-corrected chi connectivity index (χ3v) is 3.44. The normalized spacial score (nSPS) is 11.4. The van der Waals surface area contributed by atoms with E-state index in [2.05, 4.69) is 10.4 Å². The fourth-order valence-corrected chi connectivity index (χ4v) is 2.25. The zero-order valence-electron chi connectivity index (χ0n) is 13.2. The first-order chi connectivity index (χ1) is 11.7. The molecule has 2 rings (SSSR count). The van der Waals surface area contributed by atoms with Gasteiger partial charge in [-0.25, -0.2) is 0 Å². The molecule has 0 fully saturated rings. The molecule has 1 heterocycles. The molecule has 2 aromatic rings. The minimum Gasteiger partial charge on any atom is -0.358 e. The van der Waals surface area contributed by atoms with Crippen molar-refractivity contribution in [2.45, 2.75) is 32.5 Å². The molecule has 1 aromatic heterocycles. The Bertz CT molecular complexity index is 787. The van der Waals surface area contributed by atoms with Crippen LogP contribution in [0.5, 0.6) is 0 Å². The summed E-state index contributed by atoms with van der Waals surface area (Å²) in [5.41, 5.74) is -0.651. The summed E-state index contributed by atoms with van der Waals surface area (Å²) in [4.78, 5) is 21.9. The molecule has 0 radical (unpaired) electrons. The molecule has 10 heteroatoms. The van der Waals surface area contributed by atoms with E-state index in [0.717, 1.165) is 6.07 Å². The van der Waals surface area contributed by atoms with Gasteiger partial charge in [0.2, 0.25) is 5.91 Å². The molecule has 134 valence electrons. The van der Waals surface area contributed by atoms with Gasteiger partial charge in [0.05, 0.1) is 34.7 Å². The van der Waals surface area contributed by atoms with Crippen molar-refractivity contribution in [2.75, 3.05) is 5.32 Å².